The lowest BCUT2D eigenvalue weighted by molar-refractivity contribution is -0.115. The molecule has 4 nitrogen and oxygen atoms in total. The van der Waals surface area contributed by atoms with Gasteiger partial charge in [0.05, 0.1) is 0 Å². The predicted molar refractivity (Wildman–Crippen MR) is 106 cm³/mol. The van der Waals surface area contributed by atoms with Crippen molar-refractivity contribution in [3.05, 3.63) is 53.6 Å². The van der Waals surface area contributed by atoms with Crippen LogP contribution in [0.3, 0.4) is 0 Å². The number of nitrogens with zero attached hydrogens (tertiary/aromatic N) is 1. The summed E-state index contributed by atoms with van der Waals surface area (Å²) in [7, 11) is 0. The molecule has 0 aromatic heterocycles. The SMILES string of the molecule is Cc1ccc(NCCC(=O)Nc2ccc(N3CCCC3)cc2)c(C)c1. The average molecular weight is 337 g/mol. The van der Waals surface area contributed by atoms with E-state index in [2.05, 4.69) is 59.7 Å². The summed E-state index contributed by atoms with van der Waals surface area (Å²) in [5.74, 6) is 0.0335. The zero-order chi connectivity index (χ0) is 17.6. The molecule has 3 rings (SSSR count). The molecular formula is C21H27N3O. The average Bonchev–Trinajstić information content (AvgIpc) is 3.12. The standard InChI is InChI=1S/C21H27N3O/c1-16-5-10-20(17(2)15-16)22-12-11-21(25)23-18-6-8-19(9-7-18)24-13-3-4-14-24/h5-10,15,22H,3-4,11-14H2,1-2H3,(H,23,25). The topological polar surface area (TPSA) is 44.4 Å². The van der Waals surface area contributed by atoms with E-state index < -0.39 is 0 Å². The van der Waals surface area contributed by atoms with Gasteiger partial charge in [0.2, 0.25) is 5.91 Å². The second kappa shape index (κ2) is 8.06. The molecular weight excluding hydrogens is 310 g/mol. The normalized spacial score (nSPS) is 13.8. The maximum atomic E-state index is 12.1. The number of rotatable bonds is 6. The van der Waals surface area contributed by atoms with Crippen LogP contribution in [-0.4, -0.2) is 25.5 Å². The van der Waals surface area contributed by atoms with E-state index in [0.717, 1.165) is 24.5 Å². The quantitative estimate of drug-likeness (QED) is 0.824. The van der Waals surface area contributed by atoms with E-state index in [0.29, 0.717) is 13.0 Å². The van der Waals surface area contributed by atoms with Crippen molar-refractivity contribution in [2.45, 2.75) is 33.1 Å². The number of hydrogen-bond acceptors (Lipinski definition) is 3. The molecule has 1 fully saturated rings. The molecule has 2 aromatic rings. The number of nitrogens with one attached hydrogen (secondary N) is 2. The molecule has 1 heterocycles. The van der Waals surface area contributed by atoms with Gasteiger partial charge in [-0.2, -0.15) is 0 Å². The third-order valence-electron chi connectivity index (χ3n) is 4.67. The lowest BCUT2D eigenvalue weighted by atomic mass is 10.1. The van der Waals surface area contributed by atoms with Crippen molar-refractivity contribution in [2.75, 3.05) is 35.2 Å². The molecule has 2 aromatic carbocycles. The molecule has 0 unspecified atom stereocenters. The Morgan fingerprint density at radius 1 is 1.04 bits per heavy atom. The zero-order valence-corrected chi connectivity index (χ0v) is 15.1. The van der Waals surface area contributed by atoms with E-state index in [9.17, 15) is 4.79 Å². The zero-order valence-electron chi connectivity index (χ0n) is 15.1. The van der Waals surface area contributed by atoms with Gasteiger partial charge in [-0.05, 0) is 62.6 Å². The highest BCUT2D eigenvalue weighted by atomic mass is 16.1. The minimum atomic E-state index is 0.0335. The van der Waals surface area contributed by atoms with E-state index >= 15 is 0 Å². The molecule has 0 atom stereocenters. The summed E-state index contributed by atoms with van der Waals surface area (Å²) in [5.41, 5.74) is 5.65. The van der Waals surface area contributed by atoms with E-state index in [4.69, 9.17) is 0 Å². The Kier molecular flexibility index (Phi) is 5.59. The maximum Gasteiger partial charge on any atom is 0.226 e. The number of anilines is 3. The van der Waals surface area contributed by atoms with Gasteiger partial charge in [0.1, 0.15) is 0 Å². The first-order valence-electron chi connectivity index (χ1n) is 9.08. The third kappa shape index (κ3) is 4.75. The van der Waals surface area contributed by atoms with Crippen molar-refractivity contribution >= 4 is 23.0 Å². The Morgan fingerprint density at radius 3 is 2.44 bits per heavy atom. The van der Waals surface area contributed by atoms with E-state index in [1.54, 1.807) is 0 Å². The van der Waals surface area contributed by atoms with Crippen molar-refractivity contribution < 1.29 is 4.79 Å². The molecule has 1 amide bonds. The number of carbonyl (C=O) groups is 1. The van der Waals surface area contributed by atoms with E-state index in [1.807, 2.05) is 12.1 Å². The Labute approximate surface area is 150 Å². The number of aryl methyl sites for hydroxylation is 2. The van der Waals surface area contributed by atoms with Crippen LogP contribution in [0.25, 0.3) is 0 Å². The summed E-state index contributed by atoms with van der Waals surface area (Å²) in [6.07, 6.45) is 2.99. The van der Waals surface area contributed by atoms with Gasteiger partial charge in [0.15, 0.2) is 0 Å². The summed E-state index contributed by atoms with van der Waals surface area (Å²) in [4.78, 5) is 14.5. The van der Waals surface area contributed by atoms with Crippen molar-refractivity contribution in [3.63, 3.8) is 0 Å². The summed E-state index contributed by atoms with van der Waals surface area (Å²) in [5, 5.41) is 6.31. The molecule has 0 radical (unpaired) electrons. The van der Waals surface area contributed by atoms with Crippen LogP contribution in [0.15, 0.2) is 42.5 Å². The van der Waals surface area contributed by atoms with Crippen LogP contribution in [0.4, 0.5) is 17.1 Å². The number of benzene rings is 2. The van der Waals surface area contributed by atoms with Crippen LogP contribution in [0.5, 0.6) is 0 Å². The molecule has 1 aliphatic heterocycles. The Balaban J connectivity index is 1.45. The fraction of sp³-hybridized carbons (Fsp3) is 0.381. The highest BCUT2D eigenvalue weighted by Gasteiger charge is 2.12. The van der Waals surface area contributed by atoms with Gasteiger partial charge in [0, 0.05) is 43.1 Å². The lowest BCUT2D eigenvalue weighted by Gasteiger charge is -2.17. The molecule has 1 saturated heterocycles. The Bertz CT molecular complexity index is 718. The minimum Gasteiger partial charge on any atom is -0.384 e. The van der Waals surface area contributed by atoms with Gasteiger partial charge in [-0.25, -0.2) is 0 Å². The summed E-state index contributed by atoms with van der Waals surface area (Å²) in [6, 6.07) is 14.5. The number of amides is 1. The fourth-order valence-electron chi connectivity index (χ4n) is 3.28. The first-order valence-corrected chi connectivity index (χ1v) is 9.08. The van der Waals surface area contributed by atoms with Crippen LogP contribution >= 0.6 is 0 Å². The second-order valence-corrected chi connectivity index (χ2v) is 6.78. The maximum absolute atomic E-state index is 12.1. The second-order valence-electron chi connectivity index (χ2n) is 6.78. The Morgan fingerprint density at radius 2 is 1.76 bits per heavy atom. The molecule has 1 aliphatic rings. The molecule has 4 heteroatoms. The highest BCUT2D eigenvalue weighted by molar-refractivity contribution is 5.91. The Hall–Kier alpha value is -2.49. The summed E-state index contributed by atoms with van der Waals surface area (Å²) >= 11 is 0. The van der Waals surface area contributed by atoms with Crippen LogP contribution < -0.4 is 15.5 Å². The van der Waals surface area contributed by atoms with E-state index in [-0.39, 0.29) is 5.91 Å². The summed E-state index contributed by atoms with van der Waals surface area (Å²) in [6.45, 7) is 7.06. The van der Waals surface area contributed by atoms with Gasteiger partial charge < -0.3 is 15.5 Å². The van der Waals surface area contributed by atoms with Crippen LogP contribution in [0, 0.1) is 13.8 Å². The van der Waals surface area contributed by atoms with Gasteiger partial charge in [-0.3, -0.25) is 4.79 Å². The first-order chi connectivity index (χ1) is 12.1. The largest absolute Gasteiger partial charge is 0.384 e. The van der Waals surface area contributed by atoms with Crippen LogP contribution in [0.2, 0.25) is 0 Å². The van der Waals surface area contributed by atoms with Gasteiger partial charge in [-0.1, -0.05) is 17.7 Å². The van der Waals surface area contributed by atoms with Crippen molar-refractivity contribution in [3.8, 4) is 0 Å². The first kappa shape index (κ1) is 17.3. The fourth-order valence-corrected chi connectivity index (χ4v) is 3.28. The van der Waals surface area contributed by atoms with Gasteiger partial charge in [-0.15, -0.1) is 0 Å². The number of carbonyl (C=O) groups excluding carboxylic acids is 1. The van der Waals surface area contributed by atoms with Crippen molar-refractivity contribution in [1.29, 1.82) is 0 Å². The molecule has 0 spiro atoms. The molecule has 0 saturated carbocycles. The molecule has 0 bridgehead atoms. The van der Waals surface area contributed by atoms with E-state index in [1.165, 1.54) is 29.7 Å². The number of hydrogen-bond donors (Lipinski definition) is 2. The molecule has 25 heavy (non-hydrogen) atoms. The lowest BCUT2D eigenvalue weighted by Crippen LogP contribution is -2.18. The van der Waals surface area contributed by atoms with Crippen molar-refractivity contribution in [2.24, 2.45) is 0 Å². The molecule has 0 aliphatic carbocycles. The van der Waals surface area contributed by atoms with Gasteiger partial charge >= 0.3 is 0 Å². The van der Waals surface area contributed by atoms with Gasteiger partial charge in [0.25, 0.3) is 0 Å². The smallest absolute Gasteiger partial charge is 0.226 e. The predicted octanol–water partition coefficient (Wildman–Crippen LogP) is 4.34. The van der Waals surface area contributed by atoms with Crippen LogP contribution in [-0.2, 0) is 4.79 Å². The van der Waals surface area contributed by atoms with Crippen molar-refractivity contribution in [1.82, 2.24) is 0 Å². The highest BCUT2D eigenvalue weighted by Crippen LogP contribution is 2.22. The van der Waals surface area contributed by atoms with Crippen LogP contribution in [0.1, 0.15) is 30.4 Å². The minimum absolute atomic E-state index is 0.0335. The summed E-state index contributed by atoms with van der Waals surface area (Å²) < 4.78 is 0. The monoisotopic (exact) mass is 337 g/mol. The molecule has 132 valence electrons. The third-order valence-corrected chi connectivity index (χ3v) is 4.67. The molecule has 2 N–H and O–H groups in total.